The molecule has 0 aliphatic carbocycles. The molecule has 0 atom stereocenters. The molecule has 1 saturated heterocycles. The molecule has 6 nitrogen and oxygen atoms in total. The van der Waals surface area contributed by atoms with Gasteiger partial charge in [0.2, 0.25) is 15.9 Å². The summed E-state index contributed by atoms with van der Waals surface area (Å²) in [6.45, 7) is 4.77. The number of hydrogen-bond donors (Lipinski definition) is 2. The van der Waals surface area contributed by atoms with Crippen LogP contribution in [0.15, 0.2) is 23.1 Å². The molecule has 2 rings (SSSR count). The molecule has 1 amide bonds. The molecule has 0 saturated carbocycles. The van der Waals surface area contributed by atoms with Crippen LogP contribution < -0.4 is 10.5 Å². The van der Waals surface area contributed by atoms with Crippen LogP contribution in [0.4, 0.5) is 5.69 Å². The van der Waals surface area contributed by atoms with Crippen LogP contribution in [-0.2, 0) is 14.8 Å². The van der Waals surface area contributed by atoms with E-state index in [1.807, 2.05) is 11.0 Å². The maximum Gasteiger partial charge on any atom is 0.238 e. The van der Waals surface area contributed by atoms with Gasteiger partial charge in [0.25, 0.3) is 0 Å². The molecule has 1 aliphatic rings. The van der Waals surface area contributed by atoms with Crippen molar-refractivity contribution in [3.8, 4) is 0 Å². The van der Waals surface area contributed by atoms with E-state index in [1.165, 1.54) is 6.07 Å². The minimum atomic E-state index is -3.71. The molecule has 1 aromatic carbocycles. The first-order valence-corrected chi connectivity index (χ1v) is 8.48. The van der Waals surface area contributed by atoms with Crippen molar-refractivity contribution in [2.24, 2.45) is 5.14 Å². The van der Waals surface area contributed by atoms with Crippen LogP contribution in [0.25, 0.3) is 0 Å². The third-order valence-corrected chi connectivity index (χ3v) is 4.95. The second-order valence-electron chi connectivity index (χ2n) is 5.40. The number of hydrogen-bond acceptors (Lipinski definition) is 4. The van der Waals surface area contributed by atoms with Gasteiger partial charge in [-0.2, -0.15) is 0 Å². The molecule has 1 aliphatic heterocycles. The van der Waals surface area contributed by atoms with Crippen molar-refractivity contribution < 1.29 is 13.2 Å². The lowest BCUT2D eigenvalue weighted by molar-refractivity contribution is -0.129. The summed E-state index contributed by atoms with van der Waals surface area (Å²) in [7, 11) is -3.71. The molecule has 3 N–H and O–H groups in total. The summed E-state index contributed by atoms with van der Waals surface area (Å²) in [5.41, 5.74) is 1.41. The molecule has 0 unspecified atom stereocenters. The van der Waals surface area contributed by atoms with E-state index in [1.54, 1.807) is 19.9 Å². The Balaban J connectivity index is 2.10. The smallest absolute Gasteiger partial charge is 0.238 e. The molecule has 116 valence electrons. The standard InChI is InChI=1S/C14H21N3O3S/c1-10-13(4-3-5-14(10)21(15,19)20)16-12-6-8-17(9-7-12)11(2)18/h3-5,12,16H,6-9H2,1-2H3,(H2,15,19,20). The highest BCUT2D eigenvalue weighted by atomic mass is 32.2. The molecular formula is C14H21N3O3S. The molecule has 1 aromatic rings. The molecule has 0 bridgehead atoms. The molecule has 1 heterocycles. The number of carbonyl (C=O) groups is 1. The monoisotopic (exact) mass is 311 g/mol. The number of nitrogens with one attached hydrogen (secondary N) is 1. The zero-order valence-electron chi connectivity index (χ0n) is 12.3. The molecule has 1 fully saturated rings. The van der Waals surface area contributed by atoms with E-state index in [2.05, 4.69) is 5.32 Å². The molecule has 21 heavy (non-hydrogen) atoms. The van der Waals surface area contributed by atoms with Crippen molar-refractivity contribution in [2.75, 3.05) is 18.4 Å². The zero-order valence-corrected chi connectivity index (χ0v) is 13.1. The molecule has 0 radical (unpaired) electrons. The quantitative estimate of drug-likeness (QED) is 0.873. The second-order valence-corrected chi connectivity index (χ2v) is 6.93. The summed E-state index contributed by atoms with van der Waals surface area (Å²) in [4.78, 5) is 13.3. The minimum Gasteiger partial charge on any atom is -0.382 e. The lowest BCUT2D eigenvalue weighted by atomic mass is 10.0. The van der Waals surface area contributed by atoms with Gasteiger partial charge in [-0.1, -0.05) is 6.07 Å². The van der Waals surface area contributed by atoms with Crippen molar-refractivity contribution in [2.45, 2.75) is 37.6 Å². The Bertz CT molecular complexity index is 635. The van der Waals surface area contributed by atoms with Crippen LogP contribution in [-0.4, -0.2) is 38.4 Å². The Kier molecular flexibility index (Phi) is 4.53. The largest absolute Gasteiger partial charge is 0.382 e. The molecule has 7 heteroatoms. The van der Waals surface area contributed by atoms with Gasteiger partial charge in [0.15, 0.2) is 0 Å². The van der Waals surface area contributed by atoms with Crippen LogP contribution in [0.3, 0.4) is 0 Å². The Hall–Kier alpha value is -1.60. The van der Waals surface area contributed by atoms with E-state index in [0.717, 1.165) is 31.6 Å². The highest BCUT2D eigenvalue weighted by molar-refractivity contribution is 7.89. The van der Waals surface area contributed by atoms with E-state index in [4.69, 9.17) is 5.14 Å². The predicted octanol–water partition coefficient (Wildman–Crippen LogP) is 1.07. The first-order valence-electron chi connectivity index (χ1n) is 6.93. The number of nitrogens with zero attached hydrogens (tertiary/aromatic N) is 1. The van der Waals surface area contributed by atoms with Gasteiger partial charge in [0, 0.05) is 31.7 Å². The number of piperidine rings is 1. The fourth-order valence-electron chi connectivity index (χ4n) is 2.64. The summed E-state index contributed by atoms with van der Waals surface area (Å²) in [5, 5.41) is 8.57. The summed E-state index contributed by atoms with van der Waals surface area (Å²) >= 11 is 0. The number of likely N-dealkylation sites (tertiary alicyclic amines) is 1. The third kappa shape index (κ3) is 3.74. The second kappa shape index (κ2) is 6.03. The van der Waals surface area contributed by atoms with Gasteiger partial charge in [-0.15, -0.1) is 0 Å². The van der Waals surface area contributed by atoms with Gasteiger partial charge >= 0.3 is 0 Å². The maximum absolute atomic E-state index is 11.5. The third-order valence-electron chi connectivity index (χ3n) is 3.89. The Morgan fingerprint density at radius 2 is 1.95 bits per heavy atom. The summed E-state index contributed by atoms with van der Waals surface area (Å²) in [6, 6.07) is 5.27. The van der Waals surface area contributed by atoms with Crippen LogP contribution in [0, 0.1) is 6.92 Å². The SMILES string of the molecule is CC(=O)N1CCC(Nc2cccc(S(N)(=O)=O)c2C)CC1. The van der Waals surface area contributed by atoms with Crippen LogP contribution in [0.1, 0.15) is 25.3 Å². The topological polar surface area (TPSA) is 92.5 Å². The van der Waals surface area contributed by atoms with Gasteiger partial charge in [0.1, 0.15) is 0 Å². The maximum atomic E-state index is 11.5. The van der Waals surface area contributed by atoms with Crippen LogP contribution >= 0.6 is 0 Å². The average Bonchev–Trinajstić information content (AvgIpc) is 2.40. The molecular weight excluding hydrogens is 290 g/mol. The number of sulfonamides is 1. The van der Waals surface area contributed by atoms with Gasteiger partial charge in [-0.25, -0.2) is 13.6 Å². The van der Waals surface area contributed by atoms with Gasteiger partial charge < -0.3 is 10.2 Å². The minimum absolute atomic E-state index is 0.0980. The summed E-state index contributed by atoms with van der Waals surface area (Å²) < 4.78 is 23.0. The fourth-order valence-corrected chi connectivity index (χ4v) is 3.44. The van der Waals surface area contributed by atoms with E-state index in [-0.39, 0.29) is 16.8 Å². The number of rotatable bonds is 3. The number of amides is 1. The van der Waals surface area contributed by atoms with Crippen molar-refractivity contribution in [3.63, 3.8) is 0 Å². The lowest BCUT2D eigenvalue weighted by Crippen LogP contribution is -2.41. The number of primary sulfonamides is 1. The van der Waals surface area contributed by atoms with E-state index in [0.29, 0.717) is 5.56 Å². The Morgan fingerprint density at radius 3 is 2.48 bits per heavy atom. The fraction of sp³-hybridized carbons (Fsp3) is 0.500. The van der Waals surface area contributed by atoms with E-state index in [9.17, 15) is 13.2 Å². The molecule has 0 aromatic heterocycles. The first kappa shape index (κ1) is 15.8. The molecule has 0 spiro atoms. The van der Waals surface area contributed by atoms with Gasteiger partial charge in [-0.3, -0.25) is 4.79 Å². The zero-order chi connectivity index (χ0) is 15.6. The van der Waals surface area contributed by atoms with E-state index >= 15 is 0 Å². The number of carbonyl (C=O) groups excluding carboxylic acids is 1. The summed E-state index contributed by atoms with van der Waals surface area (Å²) in [6.07, 6.45) is 1.69. The van der Waals surface area contributed by atoms with Crippen molar-refractivity contribution in [3.05, 3.63) is 23.8 Å². The highest BCUT2D eigenvalue weighted by Gasteiger charge is 2.22. The summed E-state index contributed by atoms with van der Waals surface area (Å²) in [5.74, 6) is 0.0980. The van der Waals surface area contributed by atoms with Crippen LogP contribution in [0.5, 0.6) is 0 Å². The predicted molar refractivity (Wildman–Crippen MR) is 81.5 cm³/mol. The van der Waals surface area contributed by atoms with Crippen molar-refractivity contribution in [1.29, 1.82) is 0 Å². The average molecular weight is 311 g/mol. The number of nitrogens with two attached hydrogens (primary N) is 1. The number of anilines is 1. The Morgan fingerprint density at radius 1 is 1.33 bits per heavy atom. The van der Waals surface area contributed by atoms with Gasteiger partial charge in [0.05, 0.1) is 4.90 Å². The van der Waals surface area contributed by atoms with Crippen LogP contribution in [0.2, 0.25) is 0 Å². The normalized spacial score (nSPS) is 16.8. The number of benzene rings is 1. The first-order chi connectivity index (χ1) is 9.79. The lowest BCUT2D eigenvalue weighted by Gasteiger charge is -2.32. The van der Waals surface area contributed by atoms with Crippen molar-refractivity contribution >= 4 is 21.6 Å². The van der Waals surface area contributed by atoms with Gasteiger partial charge in [-0.05, 0) is 37.5 Å². The Labute approximate surface area is 125 Å². The van der Waals surface area contributed by atoms with E-state index < -0.39 is 10.0 Å². The highest BCUT2D eigenvalue weighted by Crippen LogP contribution is 2.24. The van der Waals surface area contributed by atoms with Crippen molar-refractivity contribution in [1.82, 2.24) is 4.90 Å².